The Morgan fingerprint density at radius 1 is 1.57 bits per heavy atom. The van der Waals surface area contributed by atoms with Gasteiger partial charge in [-0.2, -0.15) is 0 Å². The zero-order chi connectivity index (χ0) is 9.31. The number of pyridine rings is 1. The molecule has 1 fully saturated rings. The van der Waals surface area contributed by atoms with Crippen molar-refractivity contribution in [2.24, 2.45) is 0 Å². The first kappa shape index (κ1) is 10.8. The van der Waals surface area contributed by atoms with Gasteiger partial charge in [0.25, 0.3) is 0 Å². The number of carbonyl (C=O) groups is 1. The number of nitrogens with two attached hydrogens (primary N) is 1. The summed E-state index contributed by atoms with van der Waals surface area (Å²) in [6, 6.07) is 3.44. The van der Waals surface area contributed by atoms with Crippen molar-refractivity contribution < 1.29 is 4.79 Å². The highest BCUT2D eigenvalue weighted by atomic mass is 35.5. The number of carbonyl (C=O) groups excluding carboxylic acids is 1. The van der Waals surface area contributed by atoms with Gasteiger partial charge in [-0.25, -0.2) is 4.98 Å². The smallest absolute Gasteiger partial charge is 0.145 e. The van der Waals surface area contributed by atoms with Gasteiger partial charge in [0.1, 0.15) is 12.1 Å². The third-order valence-electron chi connectivity index (χ3n) is 2.18. The molecular formula is C9H12ClN3O. The number of aromatic nitrogens is 1. The van der Waals surface area contributed by atoms with Gasteiger partial charge in [-0.1, -0.05) is 0 Å². The summed E-state index contributed by atoms with van der Waals surface area (Å²) in [4.78, 5) is 14.7. The van der Waals surface area contributed by atoms with Crippen molar-refractivity contribution in [3.05, 3.63) is 18.3 Å². The lowest BCUT2D eigenvalue weighted by molar-refractivity contribution is -0.109. The van der Waals surface area contributed by atoms with Gasteiger partial charge in [-0.3, -0.25) is 0 Å². The van der Waals surface area contributed by atoms with Crippen LogP contribution in [0, 0.1) is 0 Å². The molecule has 0 bridgehead atoms. The van der Waals surface area contributed by atoms with E-state index in [-0.39, 0.29) is 17.9 Å². The Hall–Kier alpha value is -1.29. The molecule has 0 saturated heterocycles. The normalized spacial score (nSPS) is 16.6. The number of nitrogen functional groups attached to an aromatic ring is 1. The van der Waals surface area contributed by atoms with Crippen LogP contribution in [0.4, 0.5) is 11.5 Å². The molecular weight excluding hydrogens is 202 g/mol. The molecule has 3 N–H and O–H groups in total. The van der Waals surface area contributed by atoms with Crippen LogP contribution < -0.4 is 11.1 Å². The van der Waals surface area contributed by atoms with Crippen molar-refractivity contribution in [1.29, 1.82) is 0 Å². The molecule has 0 amide bonds. The maximum atomic E-state index is 10.7. The molecule has 0 radical (unpaired) electrons. The molecule has 1 heterocycles. The molecule has 1 aliphatic rings. The van der Waals surface area contributed by atoms with Crippen molar-refractivity contribution in [3.8, 4) is 0 Å². The zero-order valence-electron chi connectivity index (χ0n) is 7.56. The van der Waals surface area contributed by atoms with Gasteiger partial charge >= 0.3 is 0 Å². The highest BCUT2D eigenvalue weighted by molar-refractivity contribution is 5.85. The topological polar surface area (TPSA) is 68.0 Å². The summed E-state index contributed by atoms with van der Waals surface area (Å²) in [5, 5.41) is 3.06. The lowest BCUT2D eigenvalue weighted by Crippen LogP contribution is -2.23. The van der Waals surface area contributed by atoms with Crippen molar-refractivity contribution in [2.45, 2.75) is 18.4 Å². The fraction of sp³-hybridized carbons (Fsp3) is 0.333. The Kier molecular flexibility index (Phi) is 2.96. The SMILES string of the molecule is Cl.Nc1ccnc(NC2(C=O)CC2)c1. The van der Waals surface area contributed by atoms with Crippen LogP contribution >= 0.6 is 12.4 Å². The first-order valence-electron chi connectivity index (χ1n) is 4.20. The van der Waals surface area contributed by atoms with E-state index in [2.05, 4.69) is 10.3 Å². The van der Waals surface area contributed by atoms with Gasteiger partial charge in [0.05, 0.1) is 5.54 Å². The van der Waals surface area contributed by atoms with Crippen molar-refractivity contribution in [1.82, 2.24) is 4.98 Å². The van der Waals surface area contributed by atoms with Crippen LogP contribution in [-0.2, 0) is 4.79 Å². The van der Waals surface area contributed by atoms with Crippen LogP contribution in [0.15, 0.2) is 18.3 Å². The average Bonchev–Trinajstić information content (AvgIpc) is 2.86. The fourth-order valence-electron chi connectivity index (χ4n) is 1.18. The van der Waals surface area contributed by atoms with Gasteiger partial charge in [-0.15, -0.1) is 12.4 Å². The maximum absolute atomic E-state index is 10.7. The monoisotopic (exact) mass is 213 g/mol. The molecule has 76 valence electrons. The highest BCUT2D eigenvalue weighted by Crippen LogP contribution is 2.36. The standard InChI is InChI=1S/C9H11N3O.ClH/c10-7-1-4-11-8(5-7)12-9(6-13)2-3-9;/h1,4-6H,2-3H2,(H3,10,11,12);1H. The number of rotatable bonds is 3. The molecule has 5 heteroatoms. The van der Waals surface area contributed by atoms with E-state index in [1.54, 1.807) is 18.3 Å². The van der Waals surface area contributed by atoms with Crippen LogP contribution in [0.25, 0.3) is 0 Å². The maximum Gasteiger partial charge on any atom is 0.145 e. The summed E-state index contributed by atoms with van der Waals surface area (Å²) in [5.74, 6) is 0.671. The van der Waals surface area contributed by atoms with Crippen LogP contribution in [0.3, 0.4) is 0 Å². The molecule has 0 aliphatic heterocycles. The number of anilines is 2. The van der Waals surface area contributed by atoms with E-state index in [9.17, 15) is 4.79 Å². The van der Waals surface area contributed by atoms with Gasteiger partial charge in [-0.05, 0) is 18.9 Å². The predicted molar refractivity (Wildman–Crippen MR) is 57.5 cm³/mol. The molecule has 1 aromatic rings. The van der Waals surface area contributed by atoms with E-state index in [4.69, 9.17) is 5.73 Å². The lowest BCUT2D eigenvalue weighted by Gasteiger charge is -2.10. The lowest BCUT2D eigenvalue weighted by atomic mass is 10.3. The van der Waals surface area contributed by atoms with E-state index in [0.717, 1.165) is 19.1 Å². The summed E-state index contributed by atoms with van der Waals surface area (Å²) in [7, 11) is 0. The Bertz CT molecular complexity index is 339. The number of hydrogen-bond donors (Lipinski definition) is 2. The van der Waals surface area contributed by atoms with E-state index >= 15 is 0 Å². The van der Waals surface area contributed by atoms with Gasteiger partial charge < -0.3 is 15.8 Å². The fourth-order valence-corrected chi connectivity index (χ4v) is 1.18. The van der Waals surface area contributed by atoms with Gasteiger partial charge in [0, 0.05) is 18.0 Å². The molecule has 0 unspecified atom stereocenters. The number of hydrogen-bond acceptors (Lipinski definition) is 4. The molecule has 1 aromatic heterocycles. The number of nitrogens with zero attached hydrogens (tertiary/aromatic N) is 1. The Balaban J connectivity index is 0.000000980. The minimum Gasteiger partial charge on any atom is -0.399 e. The van der Waals surface area contributed by atoms with Crippen molar-refractivity contribution in [3.63, 3.8) is 0 Å². The van der Waals surface area contributed by atoms with Gasteiger partial charge in [0.15, 0.2) is 0 Å². The molecule has 2 rings (SSSR count). The van der Waals surface area contributed by atoms with Crippen LogP contribution in [-0.4, -0.2) is 16.8 Å². The third kappa shape index (κ3) is 2.14. The third-order valence-corrected chi connectivity index (χ3v) is 2.18. The summed E-state index contributed by atoms with van der Waals surface area (Å²) < 4.78 is 0. The van der Waals surface area contributed by atoms with Crippen molar-refractivity contribution >= 4 is 30.2 Å². The van der Waals surface area contributed by atoms with Gasteiger partial charge in [0.2, 0.25) is 0 Å². The molecule has 0 aromatic carbocycles. The number of aldehydes is 1. The highest BCUT2D eigenvalue weighted by Gasteiger charge is 2.42. The van der Waals surface area contributed by atoms with E-state index in [1.165, 1.54) is 0 Å². The van der Waals surface area contributed by atoms with Crippen LogP contribution in [0.5, 0.6) is 0 Å². The predicted octanol–water partition coefficient (Wildman–Crippen LogP) is 1.23. The van der Waals surface area contributed by atoms with E-state index < -0.39 is 0 Å². The summed E-state index contributed by atoms with van der Waals surface area (Å²) in [5.41, 5.74) is 5.86. The van der Waals surface area contributed by atoms with Crippen LogP contribution in [0.2, 0.25) is 0 Å². The Morgan fingerprint density at radius 2 is 2.29 bits per heavy atom. The largest absolute Gasteiger partial charge is 0.399 e. The molecule has 4 nitrogen and oxygen atoms in total. The second kappa shape index (κ2) is 3.84. The summed E-state index contributed by atoms with van der Waals surface area (Å²) in [6.45, 7) is 0. The molecule has 1 aliphatic carbocycles. The number of nitrogens with one attached hydrogen (secondary N) is 1. The quantitative estimate of drug-likeness (QED) is 0.742. The van der Waals surface area contributed by atoms with Crippen molar-refractivity contribution in [2.75, 3.05) is 11.1 Å². The zero-order valence-corrected chi connectivity index (χ0v) is 8.38. The summed E-state index contributed by atoms with van der Waals surface area (Å²) >= 11 is 0. The van der Waals surface area contributed by atoms with E-state index in [1.807, 2.05) is 0 Å². The molecule has 0 spiro atoms. The minimum atomic E-state index is -0.360. The Labute approximate surface area is 88.3 Å². The molecule has 0 atom stereocenters. The average molecular weight is 214 g/mol. The molecule has 14 heavy (non-hydrogen) atoms. The number of halogens is 1. The second-order valence-corrected chi connectivity index (χ2v) is 3.37. The van der Waals surface area contributed by atoms with Crippen LogP contribution in [0.1, 0.15) is 12.8 Å². The first-order chi connectivity index (χ1) is 6.24. The Morgan fingerprint density at radius 3 is 2.79 bits per heavy atom. The van der Waals surface area contributed by atoms with E-state index in [0.29, 0.717) is 11.5 Å². The first-order valence-corrected chi connectivity index (χ1v) is 4.20. The summed E-state index contributed by atoms with van der Waals surface area (Å²) in [6.07, 6.45) is 4.33. The molecule has 1 saturated carbocycles. The minimum absolute atomic E-state index is 0. The second-order valence-electron chi connectivity index (χ2n) is 3.37.